The van der Waals surface area contributed by atoms with Gasteiger partial charge in [0.25, 0.3) is 0 Å². The summed E-state index contributed by atoms with van der Waals surface area (Å²) in [6.45, 7) is 0. The number of hydrogen-bond acceptors (Lipinski definition) is 1. The molecular formula is C8H12O2. The van der Waals surface area contributed by atoms with E-state index in [4.69, 9.17) is 5.11 Å². The summed E-state index contributed by atoms with van der Waals surface area (Å²) in [5.41, 5.74) is 0.540. The number of hydrogen-bond donors (Lipinski definition) is 1. The fraction of sp³-hybridized carbons (Fsp3) is 0.875. The van der Waals surface area contributed by atoms with Gasteiger partial charge in [-0.3, -0.25) is 4.79 Å². The molecule has 0 radical (unpaired) electrons. The van der Waals surface area contributed by atoms with Gasteiger partial charge in [-0.05, 0) is 30.6 Å². The van der Waals surface area contributed by atoms with E-state index in [1.807, 2.05) is 0 Å². The van der Waals surface area contributed by atoms with Gasteiger partial charge >= 0.3 is 5.97 Å². The standard InChI is InChI=1S/C8H12O2/c9-7(10)4-6-5-8(6)2-1-3-8/h6H,1-5H2,(H,9,10). The molecule has 0 aromatic heterocycles. The fourth-order valence-electron chi connectivity index (χ4n) is 2.17. The van der Waals surface area contributed by atoms with Gasteiger partial charge in [-0.15, -0.1) is 0 Å². The molecule has 0 saturated heterocycles. The molecule has 2 rings (SSSR count). The van der Waals surface area contributed by atoms with Gasteiger partial charge in [0.1, 0.15) is 0 Å². The molecule has 1 atom stereocenters. The van der Waals surface area contributed by atoms with Crippen molar-refractivity contribution in [2.75, 3.05) is 0 Å². The Balaban J connectivity index is 1.84. The molecule has 0 amide bonds. The molecule has 1 spiro atoms. The van der Waals surface area contributed by atoms with E-state index in [0.29, 0.717) is 17.8 Å². The highest BCUT2D eigenvalue weighted by Crippen LogP contribution is 2.66. The molecular weight excluding hydrogens is 128 g/mol. The van der Waals surface area contributed by atoms with Crippen LogP contribution in [0.5, 0.6) is 0 Å². The monoisotopic (exact) mass is 140 g/mol. The lowest BCUT2D eigenvalue weighted by atomic mass is 9.79. The van der Waals surface area contributed by atoms with E-state index < -0.39 is 5.97 Å². The van der Waals surface area contributed by atoms with Crippen LogP contribution in [0.3, 0.4) is 0 Å². The highest BCUT2D eigenvalue weighted by Gasteiger charge is 2.57. The van der Waals surface area contributed by atoms with Crippen LogP contribution in [0.2, 0.25) is 0 Å². The Kier molecular flexibility index (Phi) is 1.08. The summed E-state index contributed by atoms with van der Waals surface area (Å²) in [7, 11) is 0. The Bertz CT molecular complexity index is 170. The first kappa shape index (κ1) is 6.20. The predicted octanol–water partition coefficient (Wildman–Crippen LogP) is 1.65. The summed E-state index contributed by atoms with van der Waals surface area (Å²) in [6, 6.07) is 0. The minimum atomic E-state index is -0.617. The Morgan fingerprint density at radius 1 is 1.60 bits per heavy atom. The predicted molar refractivity (Wildman–Crippen MR) is 36.6 cm³/mol. The summed E-state index contributed by atoms with van der Waals surface area (Å²) in [5, 5.41) is 8.48. The van der Waals surface area contributed by atoms with Crippen molar-refractivity contribution in [3.05, 3.63) is 0 Å². The average Bonchev–Trinajstić information content (AvgIpc) is 2.37. The van der Waals surface area contributed by atoms with E-state index in [1.54, 1.807) is 0 Å². The van der Waals surface area contributed by atoms with Gasteiger partial charge in [0.2, 0.25) is 0 Å². The van der Waals surface area contributed by atoms with Crippen LogP contribution in [-0.2, 0) is 4.79 Å². The van der Waals surface area contributed by atoms with Crippen LogP contribution in [0.1, 0.15) is 32.1 Å². The lowest BCUT2D eigenvalue weighted by Gasteiger charge is -2.26. The lowest BCUT2D eigenvalue weighted by Crippen LogP contribution is -2.15. The molecule has 2 aliphatic rings. The summed E-state index contributed by atoms with van der Waals surface area (Å²) < 4.78 is 0. The second-order valence-corrected chi connectivity index (χ2v) is 3.71. The van der Waals surface area contributed by atoms with Gasteiger partial charge < -0.3 is 5.11 Å². The maximum atomic E-state index is 10.3. The van der Waals surface area contributed by atoms with E-state index in [1.165, 1.54) is 25.7 Å². The maximum Gasteiger partial charge on any atom is 0.303 e. The molecule has 2 fully saturated rings. The Hall–Kier alpha value is -0.530. The summed E-state index contributed by atoms with van der Waals surface area (Å²) in [4.78, 5) is 10.3. The zero-order chi connectivity index (χ0) is 7.19. The van der Waals surface area contributed by atoms with Crippen LogP contribution in [-0.4, -0.2) is 11.1 Å². The minimum absolute atomic E-state index is 0.417. The van der Waals surface area contributed by atoms with E-state index in [2.05, 4.69) is 0 Å². The first-order chi connectivity index (χ1) is 4.73. The van der Waals surface area contributed by atoms with Crippen molar-refractivity contribution in [3.8, 4) is 0 Å². The van der Waals surface area contributed by atoms with Crippen LogP contribution < -0.4 is 0 Å². The molecule has 56 valence electrons. The molecule has 0 aromatic carbocycles. The molecule has 0 bridgehead atoms. The molecule has 1 N–H and O–H groups in total. The van der Waals surface area contributed by atoms with E-state index in [0.717, 1.165) is 0 Å². The highest BCUT2D eigenvalue weighted by atomic mass is 16.4. The third kappa shape index (κ3) is 0.746. The van der Waals surface area contributed by atoms with Gasteiger partial charge in [-0.1, -0.05) is 6.42 Å². The van der Waals surface area contributed by atoms with Crippen molar-refractivity contribution in [1.82, 2.24) is 0 Å². The fourth-order valence-corrected chi connectivity index (χ4v) is 2.17. The van der Waals surface area contributed by atoms with Gasteiger partial charge in [0, 0.05) is 6.42 Å². The van der Waals surface area contributed by atoms with E-state index in [9.17, 15) is 4.79 Å². The van der Waals surface area contributed by atoms with Crippen molar-refractivity contribution in [1.29, 1.82) is 0 Å². The average molecular weight is 140 g/mol. The largest absolute Gasteiger partial charge is 0.481 e. The molecule has 2 saturated carbocycles. The van der Waals surface area contributed by atoms with Crippen LogP contribution >= 0.6 is 0 Å². The second-order valence-electron chi connectivity index (χ2n) is 3.71. The van der Waals surface area contributed by atoms with Gasteiger partial charge in [-0.25, -0.2) is 0 Å². The molecule has 0 aromatic rings. The molecule has 0 aliphatic heterocycles. The number of carbonyl (C=O) groups is 1. The number of carboxylic acid groups (broad SMARTS) is 1. The summed E-state index contributed by atoms with van der Waals surface area (Å²) in [6.07, 6.45) is 5.53. The SMILES string of the molecule is O=C(O)CC1CC12CCC2. The van der Waals surface area contributed by atoms with Crippen LogP contribution in [0.4, 0.5) is 0 Å². The second kappa shape index (κ2) is 1.74. The number of aliphatic carboxylic acids is 1. The molecule has 0 heterocycles. The van der Waals surface area contributed by atoms with E-state index in [-0.39, 0.29) is 0 Å². The number of rotatable bonds is 2. The molecule has 2 aliphatic carbocycles. The van der Waals surface area contributed by atoms with Crippen LogP contribution in [0.15, 0.2) is 0 Å². The lowest BCUT2D eigenvalue weighted by molar-refractivity contribution is -0.137. The van der Waals surface area contributed by atoms with Crippen molar-refractivity contribution >= 4 is 5.97 Å². The maximum absolute atomic E-state index is 10.3. The topological polar surface area (TPSA) is 37.3 Å². The quantitative estimate of drug-likeness (QED) is 0.633. The molecule has 1 unspecified atom stereocenters. The smallest absolute Gasteiger partial charge is 0.303 e. The minimum Gasteiger partial charge on any atom is -0.481 e. The van der Waals surface area contributed by atoms with Crippen LogP contribution in [0.25, 0.3) is 0 Å². The van der Waals surface area contributed by atoms with Crippen molar-refractivity contribution in [2.45, 2.75) is 32.1 Å². The van der Waals surface area contributed by atoms with Crippen LogP contribution in [0, 0.1) is 11.3 Å². The Labute approximate surface area is 60.2 Å². The van der Waals surface area contributed by atoms with Crippen molar-refractivity contribution in [3.63, 3.8) is 0 Å². The highest BCUT2D eigenvalue weighted by molar-refractivity contribution is 5.67. The van der Waals surface area contributed by atoms with Gasteiger partial charge in [-0.2, -0.15) is 0 Å². The van der Waals surface area contributed by atoms with E-state index >= 15 is 0 Å². The van der Waals surface area contributed by atoms with Crippen molar-refractivity contribution < 1.29 is 9.90 Å². The normalized spacial score (nSPS) is 33.4. The third-order valence-electron chi connectivity index (χ3n) is 3.13. The first-order valence-corrected chi connectivity index (χ1v) is 3.95. The summed E-state index contributed by atoms with van der Waals surface area (Å²) in [5.74, 6) is -0.0764. The van der Waals surface area contributed by atoms with Crippen molar-refractivity contribution in [2.24, 2.45) is 11.3 Å². The Morgan fingerprint density at radius 2 is 2.30 bits per heavy atom. The molecule has 2 heteroatoms. The molecule has 10 heavy (non-hydrogen) atoms. The zero-order valence-electron chi connectivity index (χ0n) is 5.97. The number of carboxylic acids is 1. The third-order valence-corrected chi connectivity index (χ3v) is 3.13. The first-order valence-electron chi connectivity index (χ1n) is 3.95. The Morgan fingerprint density at radius 3 is 2.60 bits per heavy atom. The summed E-state index contributed by atoms with van der Waals surface area (Å²) >= 11 is 0. The van der Waals surface area contributed by atoms with Gasteiger partial charge in [0.15, 0.2) is 0 Å². The zero-order valence-corrected chi connectivity index (χ0v) is 5.97. The van der Waals surface area contributed by atoms with Gasteiger partial charge in [0.05, 0.1) is 0 Å². The molecule has 2 nitrogen and oxygen atoms in total.